The van der Waals surface area contributed by atoms with Crippen molar-refractivity contribution in [3.63, 3.8) is 0 Å². The van der Waals surface area contributed by atoms with Gasteiger partial charge in [0.1, 0.15) is 17.9 Å². The van der Waals surface area contributed by atoms with E-state index in [1.165, 1.54) is 11.8 Å². The number of nitrogen functional groups attached to an aromatic ring is 1. The zero-order valence-corrected chi connectivity index (χ0v) is 14.9. The van der Waals surface area contributed by atoms with Crippen LogP contribution in [0.3, 0.4) is 0 Å². The highest BCUT2D eigenvalue weighted by Gasteiger charge is 2.42. The molecular formula is C14H23ClN4O4S. The van der Waals surface area contributed by atoms with Crippen LogP contribution in [0.4, 0.5) is 11.5 Å². The first kappa shape index (κ1) is 19.5. The molecule has 0 saturated heterocycles. The second-order valence-corrected chi connectivity index (χ2v) is 6.93. The van der Waals surface area contributed by atoms with Crippen LogP contribution in [0, 0.1) is 0 Å². The molecule has 0 radical (unpaired) electrons. The lowest BCUT2D eigenvalue weighted by Crippen LogP contribution is -2.36. The molecule has 1 aliphatic carbocycles. The third-order valence-electron chi connectivity index (χ3n) is 3.69. The Bertz CT molecular complexity index is 554. The number of aliphatic hydroxyl groups is 3. The highest BCUT2D eigenvalue weighted by Crippen LogP contribution is 2.31. The van der Waals surface area contributed by atoms with Gasteiger partial charge in [0.25, 0.3) is 0 Å². The molecule has 1 aromatic heterocycles. The summed E-state index contributed by atoms with van der Waals surface area (Å²) in [7, 11) is 0. The van der Waals surface area contributed by atoms with Crippen LogP contribution in [0.25, 0.3) is 0 Å². The van der Waals surface area contributed by atoms with Gasteiger partial charge in [0.05, 0.1) is 25.4 Å². The molecule has 0 unspecified atom stereocenters. The number of hydrogen-bond donors (Lipinski definition) is 5. The smallest absolute Gasteiger partial charge is 0.191 e. The van der Waals surface area contributed by atoms with E-state index in [4.69, 9.17) is 27.2 Å². The van der Waals surface area contributed by atoms with Crippen molar-refractivity contribution in [2.24, 2.45) is 0 Å². The second-order valence-electron chi connectivity index (χ2n) is 5.51. The van der Waals surface area contributed by atoms with E-state index in [2.05, 4.69) is 15.3 Å². The molecule has 0 aliphatic heterocycles. The number of anilines is 2. The minimum absolute atomic E-state index is 0.0977. The van der Waals surface area contributed by atoms with E-state index in [1.807, 2.05) is 6.92 Å². The van der Waals surface area contributed by atoms with Crippen LogP contribution in [-0.4, -0.2) is 68.6 Å². The van der Waals surface area contributed by atoms with Gasteiger partial charge in [-0.05, 0) is 12.8 Å². The molecule has 0 aromatic carbocycles. The SMILES string of the molecule is CCCSc1nc(Cl)c(N)c(N[C@@H]2C[C@H](OCCO)[C@@H](O)[C@H]2O)n1. The number of nitrogens with two attached hydrogens (primary N) is 1. The van der Waals surface area contributed by atoms with Crippen molar-refractivity contribution >= 4 is 34.9 Å². The maximum atomic E-state index is 10.2. The van der Waals surface area contributed by atoms with Crippen molar-refractivity contribution in [2.45, 2.75) is 49.3 Å². The molecule has 1 heterocycles. The molecule has 4 atom stereocenters. The molecule has 0 spiro atoms. The molecule has 0 bridgehead atoms. The van der Waals surface area contributed by atoms with Gasteiger partial charge in [-0.25, -0.2) is 9.97 Å². The van der Waals surface area contributed by atoms with E-state index in [9.17, 15) is 10.2 Å². The van der Waals surface area contributed by atoms with Crippen LogP contribution in [0.2, 0.25) is 5.15 Å². The third-order valence-corrected chi connectivity index (χ3v) is 5.03. The Balaban J connectivity index is 2.10. The number of thioether (sulfide) groups is 1. The average molecular weight is 379 g/mol. The minimum Gasteiger partial charge on any atom is -0.394 e. The fourth-order valence-electron chi connectivity index (χ4n) is 2.47. The van der Waals surface area contributed by atoms with Gasteiger partial charge in [-0.2, -0.15) is 0 Å². The van der Waals surface area contributed by atoms with Crippen LogP contribution >= 0.6 is 23.4 Å². The number of halogens is 1. The van der Waals surface area contributed by atoms with E-state index in [1.54, 1.807) is 0 Å². The summed E-state index contributed by atoms with van der Waals surface area (Å²) in [5.74, 6) is 1.18. The molecule has 1 saturated carbocycles. The number of hydrogen-bond acceptors (Lipinski definition) is 9. The molecule has 10 heteroatoms. The second kappa shape index (κ2) is 9.02. The predicted octanol–water partition coefficient (Wildman–Crippen LogP) is 0.498. The minimum atomic E-state index is -1.05. The largest absolute Gasteiger partial charge is 0.394 e. The molecule has 6 N–H and O–H groups in total. The maximum Gasteiger partial charge on any atom is 0.191 e. The van der Waals surface area contributed by atoms with Gasteiger partial charge in [-0.15, -0.1) is 0 Å². The number of nitrogens with one attached hydrogen (secondary N) is 1. The topological polar surface area (TPSA) is 134 Å². The zero-order chi connectivity index (χ0) is 17.7. The first-order chi connectivity index (χ1) is 11.5. The van der Waals surface area contributed by atoms with Crippen LogP contribution in [0.5, 0.6) is 0 Å². The number of rotatable bonds is 8. The number of aliphatic hydroxyl groups excluding tert-OH is 3. The van der Waals surface area contributed by atoms with Gasteiger partial charge < -0.3 is 31.1 Å². The van der Waals surface area contributed by atoms with Gasteiger partial charge in [0, 0.05) is 5.75 Å². The Morgan fingerprint density at radius 1 is 1.38 bits per heavy atom. The lowest BCUT2D eigenvalue weighted by atomic mass is 10.2. The van der Waals surface area contributed by atoms with Crippen molar-refractivity contribution in [3.05, 3.63) is 5.15 Å². The summed E-state index contributed by atoms with van der Waals surface area (Å²) in [6.07, 6.45) is -1.36. The van der Waals surface area contributed by atoms with Gasteiger partial charge in [-0.1, -0.05) is 30.3 Å². The lowest BCUT2D eigenvalue weighted by molar-refractivity contribution is -0.0612. The van der Waals surface area contributed by atoms with Gasteiger partial charge >= 0.3 is 0 Å². The van der Waals surface area contributed by atoms with Crippen LogP contribution in [0.15, 0.2) is 5.16 Å². The van der Waals surface area contributed by atoms with E-state index < -0.39 is 24.4 Å². The van der Waals surface area contributed by atoms with Crippen molar-refractivity contribution in [3.8, 4) is 0 Å². The quantitative estimate of drug-likeness (QED) is 0.249. The molecule has 1 fully saturated rings. The molecule has 136 valence electrons. The summed E-state index contributed by atoms with van der Waals surface area (Å²) < 4.78 is 5.34. The van der Waals surface area contributed by atoms with Crippen molar-refractivity contribution in [1.29, 1.82) is 0 Å². The lowest BCUT2D eigenvalue weighted by Gasteiger charge is -2.19. The molecule has 2 rings (SSSR count). The van der Waals surface area contributed by atoms with Crippen molar-refractivity contribution in [1.82, 2.24) is 9.97 Å². The normalized spacial score (nSPS) is 26.7. The standard InChI is InChI=1S/C14H23ClN4O4S/c1-2-5-24-14-18-12(15)9(16)13(19-14)17-7-6-8(23-4-3-20)11(22)10(7)21/h7-8,10-11,20-22H,2-6,16H2,1H3,(H,17,18,19)/t7-,8+,10+,11-/m1/s1. The van der Waals surface area contributed by atoms with E-state index in [0.717, 1.165) is 12.2 Å². The number of nitrogens with zero attached hydrogens (tertiary/aromatic N) is 2. The molecule has 24 heavy (non-hydrogen) atoms. The summed E-state index contributed by atoms with van der Waals surface area (Å²) in [4.78, 5) is 8.46. The summed E-state index contributed by atoms with van der Waals surface area (Å²) in [5.41, 5.74) is 6.11. The van der Waals surface area contributed by atoms with Crippen molar-refractivity contribution in [2.75, 3.05) is 30.0 Å². The Morgan fingerprint density at radius 2 is 2.12 bits per heavy atom. The van der Waals surface area contributed by atoms with E-state index in [0.29, 0.717) is 17.4 Å². The Labute approximate surface area is 149 Å². The van der Waals surface area contributed by atoms with Gasteiger partial charge in [0.2, 0.25) is 0 Å². The van der Waals surface area contributed by atoms with Crippen molar-refractivity contribution < 1.29 is 20.1 Å². The molecule has 8 nitrogen and oxygen atoms in total. The third kappa shape index (κ3) is 4.62. The summed E-state index contributed by atoms with van der Waals surface area (Å²) >= 11 is 7.51. The van der Waals surface area contributed by atoms with Crippen LogP contribution < -0.4 is 11.1 Å². The Hall–Kier alpha value is -0.840. The Morgan fingerprint density at radius 3 is 2.79 bits per heavy atom. The highest BCUT2D eigenvalue weighted by atomic mass is 35.5. The monoisotopic (exact) mass is 378 g/mol. The first-order valence-electron chi connectivity index (χ1n) is 7.78. The van der Waals surface area contributed by atoms with Gasteiger partial charge in [0.15, 0.2) is 16.1 Å². The molecule has 0 amide bonds. The average Bonchev–Trinajstić information content (AvgIpc) is 2.83. The summed E-state index contributed by atoms with van der Waals surface area (Å²) in [6.45, 7) is 2.00. The molecule has 1 aromatic rings. The molecular weight excluding hydrogens is 356 g/mol. The van der Waals surface area contributed by atoms with E-state index in [-0.39, 0.29) is 24.1 Å². The highest BCUT2D eigenvalue weighted by molar-refractivity contribution is 7.99. The van der Waals surface area contributed by atoms with Gasteiger partial charge in [-0.3, -0.25) is 0 Å². The maximum absolute atomic E-state index is 10.2. The number of ether oxygens (including phenoxy) is 1. The number of aromatic nitrogens is 2. The van der Waals surface area contributed by atoms with Crippen LogP contribution in [0.1, 0.15) is 19.8 Å². The Kier molecular flexibility index (Phi) is 7.33. The fourth-order valence-corrected chi connectivity index (χ4v) is 3.39. The van der Waals surface area contributed by atoms with E-state index >= 15 is 0 Å². The predicted molar refractivity (Wildman–Crippen MR) is 93.3 cm³/mol. The van der Waals surface area contributed by atoms with Crippen LogP contribution in [-0.2, 0) is 4.74 Å². The molecule has 1 aliphatic rings. The fraction of sp³-hybridized carbons (Fsp3) is 0.714. The summed E-state index contributed by atoms with van der Waals surface area (Å²) in [5, 5.41) is 32.7. The summed E-state index contributed by atoms with van der Waals surface area (Å²) in [6, 6.07) is -0.499. The first-order valence-corrected chi connectivity index (χ1v) is 9.15. The zero-order valence-electron chi connectivity index (χ0n) is 13.4.